The summed E-state index contributed by atoms with van der Waals surface area (Å²) in [7, 11) is 0. The summed E-state index contributed by atoms with van der Waals surface area (Å²) in [6.07, 6.45) is 2.31. The number of alkyl halides is 2. The number of hydrogen-bond acceptors (Lipinski definition) is 6. The van der Waals surface area contributed by atoms with Gasteiger partial charge in [0.15, 0.2) is 5.65 Å². The van der Waals surface area contributed by atoms with Gasteiger partial charge in [0.1, 0.15) is 23.6 Å². The van der Waals surface area contributed by atoms with Crippen molar-refractivity contribution in [2.75, 3.05) is 13.1 Å². The summed E-state index contributed by atoms with van der Waals surface area (Å²) in [4.78, 5) is 31.2. The Morgan fingerprint density at radius 3 is 2.53 bits per heavy atom. The predicted octanol–water partition coefficient (Wildman–Crippen LogP) is 3.50. The fourth-order valence-electron chi connectivity index (χ4n) is 5.34. The molecule has 9 nitrogen and oxygen atoms in total. The summed E-state index contributed by atoms with van der Waals surface area (Å²) in [6, 6.07) is 4.46. The number of rotatable bonds is 5. The molecule has 2 aromatic rings. The normalized spacial score (nSPS) is 26.0. The molecule has 0 spiro atoms. The van der Waals surface area contributed by atoms with E-state index in [2.05, 4.69) is 15.4 Å². The second-order valence-corrected chi connectivity index (χ2v) is 11.2. The number of halogens is 2. The molecule has 1 saturated carbocycles. The number of ether oxygens (including phenoxy) is 1. The minimum atomic E-state index is -2.93. The molecular weight excluding hydrogens is 472 g/mol. The van der Waals surface area contributed by atoms with Gasteiger partial charge < -0.3 is 20.1 Å². The average Bonchev–Trinajstić information content (AvgIpc) is 3.41. The molecule has 2 fully saturated rings. The van der Waals surface area contributed by atoms with Crippen LogP contribution in [0.5, 0.6) is 0 Å². The molecule has 0 unspecified atom stereocenters. The van der Waals surface area contributed by atoms with Crippen LogP contribution in [0.15, 0.2) is 24.5 Å². The van der Waals surface area contributed by atoms with E-state index in [1.165, 1.54) is 6.33 Å². The van der Waals surface area contributed by atoms with E-state index >= 15 is 0 Å². The van der Waals surface area contributed by atoms with Gasteiger partial charge in [-0.2, -0.15) is 5.10 Å². The number of nitrogens with one attached hydrogen (secondary N) is 1. The molecule has 0 radical (unpaired) electrons. The second-order valence-electron chi connectivity index (χ2n) is 11.2. The number of hydrogen-bond donors (Lipinski definition) is 2. The first kappa shape index (κ1) is 26.2. The molecule has 4 rings (SSSR count). The molecule has 1 aliphatic heterocycles. The van der Waals surface area contributed by atoms with E-state index in [4.69, 9.17) is 4.74 Å². The lowest BCUT2D eigenvalue weighted by molar-refractivity contribution is -0.136. The molecule has 0 bridgehead atoms. The highest BCUT2D eigenvalue weighted by molar-refractivity contribution is 5.86. The third kappa shape index (κ3) is 5.61. The van der Waals surface area contributed by atoms with Gasteiger partial charge in [0, 0.05) is 13.0 Å². The highest BCUT2D eigenvalue weighted by atomic mass is 19.3. The molecule has 198 valence electrons. The first-order chi connectivity index (χ1) is 16.8. The molecule has 11 heteroatoms. The highest BCUT2D eigenvalue weighted by Crippen LogP contribution is 2.43. The van der Waals surface area contributed by atoms with Gasteiger partial charge in [-0.25, -0.2) is 23.1 Å². The van der Waals surface area contributed by atoms with E-state index < -0.39 is 48.1 Å². The molecular formula is C25H35F2N5O4. The van der Waals surface area contributed by atoms with E-state index in [0.717, 1.165) is 4.90 Å². The predicted molar refractivity (Wildman–Crippen MR) is 127 cm³/mol. The van der Waals surface area contributed by atoms with Crippen molar-refractivity contribution in [3.63, 3.8) is 0 Å². The Morgan fingerprint density at radius 2 is 1.92 bits per heavy atom. The summed E-state index contributed by atoms with van der Waals surface area (Å²) in [5.74, 6) is -3.84. The van der Waals surface area contributed by atoms with Crippen LogP contribution in [0, 0.1) is 11.8 Å². The number of likely N-dealkylation sites (tertiary alicyclic amines) is 1. The molecule has 2 aliphatic rings. The Morgan fingerprint density at radius 1 is 1.22 bits per heavy atom. The Labute approximate surface area is 209 Å². The summed E-state index contributed by atoms with van der Waals surface area (Å²) in [6.45, 7) is 6.28. The summed E-state index contributed by atoms with van der Waals surface area (Å²) >= 11 is 0. The number of alkyl carbamates (subject to hydrolysis) is 1. The standard InChI is InChI=1S/C25H35F2N5O4/c1-16(17-8-10-24(35,11-9-17)18-6-5-7-19-28-15-29-32(18)19)20(30-22(34)36-23(2,3)4)21(33)31-13-12-25(26,27)14-31/h5-7,15-17,20,35H,8-14H2,1-4H3,(H,30,34)/t16-,17?,20-,24?/m0/s1. The van der Waals surface area contributed by atoms with Crippen molar-refractivity contribution in [2.45, 2.75) is 83.0 Å². The summed E-state index contributed by atoms with van der Waals surface area (Å²) < 4.78 is 34.7. The van der Waals surface area contributed by atoms with Crippen LogP contribution in [0.4, 0.5) is 13.6 Å². The third-order valence-corrected chi connectivity index (χ3v) is 7.32. The quantitative estimate of drug-likeness (QED) is 0.641. The first-order valence-corrected chi connectivity index (χ1v) is 12.5. The largest absolute Gasteiger partial charge is 0.444 e. The third-order valence-electron chi connectivity index (χ3n) is 7.32. The number of carbonyl (C=O) groups is 2. The van der Waals surface area contributed by atoms with Crippen molar-refractivity contribution >= 4 is 17.6 Å². The minimum absolute atomic E-state index is 0.0211. The van der Waals surface area contributed by atoms with E-state index in [0.29, 0.717) is 37.0 Å². The first-order valence-electron chi connectivity index (χ1n) is 12.5. The van der Waals surface area contributed by atoms with Crippen molar-refractivity contribution in [1.82, 2.24) is 24.8 Å². The SMILES string of the molecule is C[C@@H](C1CCC(O)(c2cccc3ncnn23)CC1)[C@H](NC(=O)OC(C)(C)C)C(=O)N1CCC(F)(F)C1. The molecule has 1 aliphatic carbocycles. The molecule has 2 amide bonds. The van der Waals surface area contributed by atoms with Gasteiger partial charge in [0.05, 0.1) is 12.2 Å². The molecule has 2 aromatic heterocycles. The van der Waals surface area contributed by atoms with E-state index in [1.807, 2.05) is 25.1 Å². The zero-order valence-electron chi connectivity index (χ0n) is 21.2. The number of aliphatic hydroxyl groups is 1. The number of nitrogens with zero attached hydrogens (tertiary/aromatic N) is 4. The number of carbonyl (C=O) groups excluding carboxylic acids is 2. The smallest absolute Gasteiger partial charge is 0.408 e. The monoisotopic (exact) mass is 507 g/mol. The van der Waals surface area contributed by atoms with E-state index in [-0.39, 0.29) is 18.4 Å². The fraction of sp³-hybridized carbons (Fsp3) is 0.680. The fourth-order valence-corrected chi connectivity index (χ4v) is 5.34. The molecule has 2 atom stereocenters. The Balaban J connectivity index is 1.50. The van der Waals surface area contributed by atoms with Crippen LogP contribution in [0.2, 0.25) is 0 Å². The Bertz CT molecular complexity index is 1110. The molecule has 36 heavy (non-hydrogen) atoms. The molecule has 0 aromatic carbocycles. The second kappa shape index (κ2) is 9.57. The lowest BCUT2D eigenvalue weighted by Gasteiger charge is -2.40. The zero-order valence-corrected chi connectivity index (χ0v) is 21.2. The van der Waals surface area contributed by atoms with Gasteiger partial charge in [0.2, 0.25) is 5.91 Å². The Kier molecular flexibility index (Phi) is 6.98. The van der Waals surface area contributed by atoms with Crippen molar-refractivity contribution in [2.24, 2.45) is 11.8 Å². The average molecular weight is 508 g/mol. The van der Waals surface area contributed by atoms with Gasteiger partial charge in [-0.05, 0) is 70.4 Å². The number of amides is 2. The van der Waals surface area contributed by atoms with Crippen molar-refractivity contribution in [3.8, 4) is 0 Å². The summed E-state index contributed by atoms with van der Waals surface area (Å²) in [5, 5.41) is 18.4. The van der Waals surface area contributed by atoms with E-state index in [9.17, 15) is 23.5 Å². The number of pyridine rings is 1. The van der Waals surface area contributed by atoms with Gasteiger partial charge in [-0.1, -0.05) is 13.0 Å². The van der Waals surface area contributed by atoms with Crippen LogP contribution in [0.3, 0.4) is 0 Å². The van der Waals surface area contributed by atoms with Crippen molar-refractivity contribution in [1.29, 1.82) is 0 Å². The topological polar surface area (TPSA) is 109 Å². The maximum atomic E-state index is 13.8. The maximum absolute atomic E-state index is 13.8. The number of fused-ring (bicyclic) bond motifs is 1. The molecule has 1 saturated heterocycles. The van der Waals surface area contributed by atoms with Gasteiger partial charge >= 0.3 is 6.09 Å². The lowest BCUT2D eigenvalue weighted by atomic mass is 9.71. The number of aromatic nitrogens is 3. The van der Waals surface area contributed by atoms with Gasteiger partial charge in [0.25, 0.3) is 5.92 Å². The van der Waals surface area contributed by atoms with Crippen LogP contribution in [0.25, 0.3) is 5.65 Å². The van der Waals surface area contributed by atoms with E-state index in [1.54, 1.807) is 25.3 Å². The van der Waals surface area contributed by atoms with Crippen molar-refractivity contribution < 1.29 is 28.2 Å². The van der Waals surface area contributed by atoms with Crippen LogP contribution >= 0.6 is 0 Å². The highest BCUT2D eigenvalue weighted by Gasteiger charge is 2.46. The zero-order chi connectivity index (χ0) is 26.3. The van der Waals surface area contributed by atoms with Crippen LogP contribution in [-0.2, 0) is 15.1 Å². The maximum Gasteiger partial charge on any atom is 0.408 e. The van der Waals surface area contributed by atoms with Crippen LogP contribution in [0.1, 0.15) is 65.5 Å². The van der Waals surface area contributed by atoms with Crippen LogP contribution in [-0.4, -0.2) is 67.3 Å². The Hall–Kier alpha value is -2.82. The van der Waals surface area contributed by atoms with Crippen LogP contribution < -0.4 is 5.32 Å². The van der Waals surface area contributed by atoms with Gasteiger partial charge in [-0.3, -0.25) is 4.79 Å². The minimum Gasteiger partial charge on any atom is -0.444 e. The molecule has 3 heterocycles. The molecule has 2 N–H and O–H groups in total. The summed E-state index contributed by atoms with van der Waals surface area (Å²) in [5.41, 5.74) is -0.586. The van der Waals surface area contributed by atoms with Gasteiger partial charge in [-0.15, -0.1) is 0 Å². The lowest BCUT2D eigenvalue weighted by Crippen LogP contribution is -2.54. The van der Waals surface area contributed by atoms with Crippen molar-refractivity contribution in [3.05, 3.63) is 30.2 Å².